The molecule has 0 aliphatic rings. The van der Waals surface area contributed by atoms with Gasteiger partial charge in [0.25, 0.3) is 0 Å². The molecule has 0 spiro atoms. The number of aromatic nitrogens is 1. The van der Waals surface area contributed by atoms with Crippen molar-refractivity contribution in [2.75, 3.05) is 12.3 Å². The maximum Gasteiger partial charge on any atom is 0.142 e. The fraction of sp³-hybridized carbons (Fsp3) is 0.143. The number of rotatable bonds is 5. The third-order valence-corrected chi connectivity index (χ3v) is 3.95. The summed E-state index contributed by atoms with van der Waals surface area (Å²) in [6.45, 7) is 2.68. The standard InChI is InChI=1S/C21H18FN3O/c1-2-11-26-15-9-7-14(8-10-15)17-12-20(25-21(24)18(17)13-23)16-5-3-4-6-19(16)22/h3-10,12H,2,11H2,1H3,(H2,24,25). The van der Waals surface area contributed by atoms with E-state index in [2.05, 4.69) is 11.1 Å². The van der Waals surface area contributed by atoms with Crippen LogP contribution >= 0.6 is 0 Å². The minimum Gasteiger partial charge on any atom is -0.494 e. The largest absolute Gasteiger partial charge is 0.494 e. The van der Waals surface area contributed by atoms with Crippen molar-refractivity contribution in [2.24, 2.45) is 0 Å². The van der Waals surface area contributed by atoms with Crippen LogP contribution in [0.3, 0.4) is 0 Å². The van der Waals surface area contributed by atoms with E-state index in [1.165, 1.54) is 6.07 Å². The highest BCUT2D eigenvalue weighted by Gasteiger charge is 2.15. The second-order valence-electron chi connectivity index (χ2n) is 5.78. The molecule has 4 nitrogen and oxygen atoms in total. The van der Waals surface area contributed by atoms with Gasteiger partial charge < -0.3 is 10.5 Å². The Hall–Kier alpha value is -3.39. The predicted octanol–water partition coefficient (Wildman–Crippen LogP) is 4.80. The van der Waals surface area contributed by atoms with Crippen molar-refractivity contribution in [2.45, 2.75) is 13.3 Å². The first-order chi connectivity index (χ1) is 12.6. The molecule has 0 fully saturated rings. The summed E-state index contributed by atoms with van der Waals surface area (Å²) in [7, 11) is 0. The van der Waals surface area contributed by atoms with Crippen LogP contribution in [-0.2, 0) is 0 Å². The van der Waals surface area contributed by atoms with E-state index in [0.717, 1.165) is 17.7 Å². The van der Waals surface area contributed by atoms with Gasteiger partial charge in [-0.05, 0) is 42.3 Å². The van der Waals surface area contributed by atoms with E-state index in [9.17, 15) is 9.65 Å². The van der Waals surface area contributed by atoms with Crippen LogP contribution in [0.5, 0.6) is 5.75 Å². The van der Waals surface area contributed by atoms with Gasteiger partial charge in [0.05, 0.1) is 12.3 Å². The molecule has 26 heavy (non-hydrogen) atoms. The van der Waals surface area contributed by atoms with E-state index in [-0.39, 0.29) is 11.4 Å². The van der Waals surface area contributed by atoms with Crippen LogP contribution in [0.4, 0.5) is 10.2 Å². The fourth-order valence-electron chi connectivity index (χ4n) is 2.67. The van der Waals surface area contributed by atoms with E-state index in [1.807, 2.05) is 31.2 Å². The molecule has 0 aliphatic heterocycles. The van der Waals surface area contributed by atoms with Crippen LogP contribution in [0.2, 0.25) is 0 Å². The first-order valence-electron chi connectivity index (χ1n) is 8.32. The van der Waals surface area contributed by atoms with Crippen LogP contribution in [0.25, 0.3) is 22.4 Å². The van der Waals surface area contributed by atoms with Crippen LogP contribution in [0, 0.1) is 17.1 Å². The minimum atomic E-state index is -0.390. The summed E-state index contributed by atoms with van der Waals surface area (Å²) in [4.78, 5) is 4.21. The number of hydrogen-bond donors (Lipinski definition) is 1. The Balaban J connectivity index is 2.08. The highest BCUT2D eigenvalue weighted by Crippen LogP contribution is 2.32. The minimum absolute atomic E-state index is 0.0783. The SMILES string of the molecule is CCCOc1ccc(-c2cc(-c3ccccc3F)nc(N)c2C#N)cc1. The van der Waals surface area contributed by atoms with Crippen molar-refractivity contribution in [3.05, 3.63) is 66.0 Å². The highest BCUT2D eigenvalue weighted by atomic mass is 19.1. The number of nitrogens with two attached hydrogens (primary N) is 1. The third kappa shape index (κ3) is 3.50. The van der Waals surface area contributed by atoms with Gasteiger partial charge in [-0.1, -0.05) is 31.2 Å². The highest BCUT2D eigenvalue weighted by molar-refractivity contribution is 5.80. The number of anilines is 1. The van der Waals surface area contributed by atoms with Crippen molar-refractivity contribution in [1.29, 1.82) is 5.26 Å². The number of pyridine rings is 1. The first kappa shape index (κ1) is 17.4. The number of nitrogens with zero attached hydrogens (tertiary/aromatic N) is 2. The van der Waals surface area contributed by atoms with Crippen molar-refractivity contribution in [3.8, 4) is 34.2 Å². The number of nitriles is 1. The number of hydrogen-bond acceptors (Lipinski definition) is 4. The molecule has 3 rings (SSSR count). The Labute approximate surface area is 151 Å². The van der Waals surface area contributed by atoms with Crippen LogP contribution in [0.15, 0.2) is 54.6 Å². The summed E-state index contributed by atoms with van der Waals surface area (Å²) in [5.41, 5.74) is 8.37. The topological polar surface area (TPSA) is 71.9 Å². The number of ether oxygens (including phenoxy) is 1. The van der Waals surface area contributed by atoms with Crippen LogP contribution in [0.1, 0.15) is 18.9 Å². The molecule has 0 saturated carbocycles. The van der Waals surface area contributed by atoms with Gasteiger partial charge >= 0.3 is 0 Å². The maximum absolute atomic E-state index is 14.1. The molecule has 1 aromatic heterocycles. The lowest BCUT2D eigenvalue weighted by atomic mass is 9.98. The predicted molar refractivity (Wildman–Crippen MR) is 100.0 cm³/mol. The zero-order valence-electron chi connectivity index (χ0n) is 14.4. The number of benzene rings is 2. The van der Waals surface area contributed by atoms with Gasteiger partial charge in [0, 0.05) is 11.1 Å². The fourth-order valence-corrected chi connectivity index (χ4v) is 2.67. The Kier molecular flexibility index (Phi) is 5.14. The molecular weight excluding hydrogens is 329 g/mol. The van der Waals surface area contributed by atoms with Gasteiger partial charge in [-0.25, -0.2) is 9.37 Å². The van der Waals surface area contributed by atoms with Crippen LogP contribution < -0.4 is 10.5 Å². The normalized spacial score (nSPS) is 10.3. The Bertz CT molecular complexity index is 962. The number of nitrogen functional groups attached to an aromatic ring is 1. The quantitative estimate of drug-likeness (QED) is 0.720. The molecule has 2 aromatic carbocycles. The zero-order chi connectivity index (χ0) is 18.5. The number of halogens is 1. The van der Waals surface area contributed by atoms with E-state index in [4.69, 9.17) is 10.5 Å². The molecule has 0 bridgehead atoms. The first-order valence-corrected chi connectivity index (χ1v) is 8.32. The summed E-state index contributed by atoms with van der Waals surface area (Å²) in [5, 5.41) is 9.48. The molecule has 5 heteroatoms. The van der Waals surface area contributed by atoms with Crippen molar-refractivity contribution >= 4 is 5.82 Å². The van der Waals surface area contributed by atoms with E-state index in [1.54, 1.807) is 24.3 Å². The molecule has 0 aliphatic carbocycles. The second-order valence-corrected chi connectivity index (χ2v) is 5.78. The van der Waals surface area contributed by atoms with Gasteiger partial charge in [-0.3, -0.25) is 0 Å². The van der Waals surface area contributed by atoms with Gasteiger partial charge in [-0.15, -0.1) is 0 Å². The molecule has 0 amide bonds. The summed E-state index contributed by atoms with van der Waals surface area (Å²) < 4.78 is 19.7. The molecule has 0 atom stereocenters. The average Bonchev–Trinajstić information content (AvgIpc) is 2.66. The van der Waals surface area contributed by atoms with Crippen molar-refractivity contribution < 1.29 is 9.13 Å². The van der Waals surface area contributed by atoms with Crippen molar-refractivity contribution in [3.63, 3.8) is 0 Å². The van der Waals surface area contributed by atoms with E-state index >= 15 is 0 Å². The summed E-state index contributed by atoms with van der Waals surface area (Å²) in [6.07, 6.45) is 0.924. The smallest absolute Gasteiger partial charge is 0.142 e. The lowest BCUT2D eigenvalue weighted by molar-refractivity contribution is 0.317. The van der Waals surface area contributed by atoms with Crippen molar-refractivity contribution in [1.82, 2.24) is 4.98 Å². The Morgan fingerprint density at radius 1 is 1.12 bits per heavy atom. The molecule has 2 N–H and O–H groups in total. The van der Waals surface area contributed by atoms with E-state index < -0.39 is 5.82 Å². The van der Waals surface area contributed by atoms with Gasteiger partial charge in [0.2, 0.25) is 0 Å². The summed E-state index contributed by atoms with van der Waals surface area (Å²) >= 11 is 0. The molecule has 3 aromatic rings. The second kappa shape index (κ2) is 7.66. The van der Waals surface area contributed by atoms with Gasteiger partial charge in [0.15, 0.2) is 0 Å². The Morgan fingerprint density at radius 2 is 1.85 bits per heavy atom. The molecule has 0 saturated heterocycles. The van der Waals surface area contributed by atoms with Gasteiger partial charge in [-0.2, -0.15) is 5.26 Å². The molecular formula is C21H18FN3O. The third-order valence-electron chi connectivity index (χ3n) is 3.95. The molecule has 0 unspecified atom stereocenters. The summed E-state index contributed by atoms with van der Waals surface area (Å²) in [6, 6.07) is 17.5. The summed E-state index contributed by atoms with van der Waals surface area (Å²) in [5.74, 6) is 0.443. The van der Waals surface area contributed by atoms with E-state index in [0.29, 0.717) is 23.4 Å². The lowest BCUT2D eigenvalue weighted by Crippen LogP contribution is -2.00. The molecule has 1 heterocycles. The van der Waals surface area contributed by atoms with Gasteiger partial charge in [0.1, 0.15) is 29.0 Å². The monoisotopic (exact) mass is 347 g/mol. The van der Waals surface area contributed by atoms with Crippen LogP contribution in [-0.4, -0.2) is 11.6 Å². The molecule has 0 radical (unpaired) electrons. The molecule has 130 valence electrons. The maximum atomic E-state index is 14.1. The zero-order valence-corrected chi connectivity index (χ0v) is 14.4. The average molecular weight is 347 g/mol. The Morgan fingerprint density at radius 3 is 2.50 bits per heavy atom. The lowest BCUT2D eigenvalue weighted by Gasteiger charge is -2.11.